The van der Waals surface area contributed by atoms with Crippen LogP contribution in [0, 0.1) is 0 Å². The Kier molecular flexibility index (Phi) is 4.74. The first-order valence-electron chi connectivity index (χ1n) is 8.41. The van der Waals surface area contributed by atoms with Gasteiger partial charge in [0, 0.05) is 36.9 Å². The highest BCUT2D eigenvalue weighted by molar-refractivity contribution is 5.93. The van der Waals surface area contributed by atoms with Crippen molar-refractivity contribution in [2.45, 2.75) is 70.5 Å². The lowest BCUT2D eigenvalue weighted by Crippen LogP contribution is -2.47. The zero-order chi connectivity index (χ0) is 15.5. The van der Waals surface area contributed by atoms with Crippen molar-refractivity contribution in [3.63, 3.8) is 0 Å². The van der Waals surface area contributed by atoms with E-state index in [1.807, 2.05) is 6.07 Å². The molecular formula is C17H25N3O2. The summed E-state index contributed by atoms with van der Waals surface area (Å²) in [6.45, 7) is 3.12. The minimum Gasteiger partial charge on any atom is -0.293 e. The number of carbonyl (C=O) groups excluding carboxylic acids is 1. The summed E-state index contributed by atoms with van der Waals surface area (Å²) in [5.41, 5.74) is 4.36. The molecule has 0 aromatic carbocycles. The molecule has 22 heavy (non-hydrogen) atoms. The molecule has 0 radical (unpaired) electrons. The maximum atomic E-state index is 11.6. The highest BCUT2D eigenvalue weighted by Gasteiger charge is 2.32. The Balaban J connectivity index is 1.84. The quantitative estimate of drug-likeness (QED) is 0.665. The number of nitrogens with zero attached hydrogens (tertiary/aromatic N) is 2. The first kappa shape index (κ1) is 15.4. The molecule has 0 spiro atoms. The number of rotatable bonds is 3. The molecule has 120 valence electrons. The van der Waals surface area contributed by atoms with Crippen LogP contribution < -0.4 is 5.48 Å². The van der Waals surface area contributed by atoms with E-state index in [-0.39, 0.29) is 0 Å². The van der Waals surface area contributed by atoms with Crippen LogP contribution in [0.15, 0.2) is 12.3 Å². The Morgan fingerprint density at radius 3 is 2.86 bits per heavy atom. The van der Waals surface area contributed by atoms with E-state index in [2.05, 4.69) is 16.8 Å². The maximum Gasteiger partial charge on any atom is 0.276 e. The molecule has 3 rings (SSSR count). The Morgan fingerprint density at radius 1 is 1.41 bits per heavy atom. The standard InChI is InChI=1S/C17H25N3O2/c1-2-14-9-16-13(8-12(10-18-16)17(21)19-22)11-20(14)15-6-4-3-5-7-15/h8,10,14-15,22H,2-7,9,11H2,1H3,(H,19,21)/t14-/m1/s1. The van der Waals surface area contributed by atoms with Crippen LogP contribution in [0.1, 0.15) is 67.1 Å². The normalized spacial score (nSPS) is 23.1. The van der Waals surface area contributed by atoms with Gasteiger partial charge >= 0.3 is 0 Å². The summed E-state index contributed by atoms with van der Waals surface area (Å²) in [5.74, 6) is -0.489. The second-order valence-corrected chi connectivity index (χ2v) is 6.50. The Labute approximate surface area is 131 Å². The molecular weight excluding hydrogens is 278 g/mol. The molecule has 1 aromatic heterocycles. The van der Waals surface area contributed by atoms with Crippen LogP contribution in [0.2, 0.25) is 0 Å². The molecule has 5 nitrogen and oxygen atoms in total. The van der Waals surface area contributed by atoms with E-state index in [4.69, 9.17) is 5.21 Å². The molecule has 1 aliphatic carbocycles. The zero-order valence-corrected chi connectivity index (χ0v) is 13.2. The van der Waals surface area contributed by atoms with Gasteiger partial charge in [-0.3, -0.25) is 19.9 Å². The molecule has 0 bridgehead atoms. The monoisotopic (exact) mass is 303 g/mol. The summed E-state index contributed by atoms with van der Waals surface area (Å²) in [6.07, 6.45) is 10.3. The van der Waals surface area contributed by atoms with Crippen LogP contribution in [0.25, 0.3) is 0 Å². The van der Waals surface area contributed by atoms with Gasteiger partial charge in [-0.25, -0.2) is 5.48 Å². The number of amides is 1. The van der Waals surface area contributed by atoms with Gasteiger partial charge in [0.25, 0.3) is 5.91 Å². The van der Waals surface area contributed by atoms with Crippen LogP contribution in [-0.2, 0) is 13.0 Å². The third kappa shape index (κ3) is 3.01. The highest BCUT2D eigenvalue weighted by atomic mass is 16.5. The number of aromatic nitrogens is 1. The van der Waals surface area contributed by atoms with Crippen molar-refractivity contribution >= 4 is 5.91 Å². The van der Waals surface area contributed by atoms with E-state index in [9.17, 15) is 4.79 Å². The molecule has 5 heteroatoms. The highest BCUT2D eigenvalue weighted by Crippen LogP contribution is 2.31. The number of fused-ring (bicyclic) bond motifs is 1. The molecule has 1 aliphatic heterocycles. The van der Waals surface area contributed by atoms with Crippen molar-refractivity contribution in [1.29, 1.82) is 0 Å². The minimum atomic E-state index is -0.489. The number of nitrogens with one attached hydrogen (secondary N) is 1. The topological polar surface area (TPSA) is 65.5 Å². The second kappa shape index (κ2) is 6.75. The van der Waals surface area contributed by atoms with E-state index in [1.54, 1.807) is 11.7 Å². The summed E-state index contributed by atoms with van der Waals surface area (Å²) < 4.78 is 0. The molecule has 2 heterocycles. The van der Waals surface area contributed by atoms with Crippen LogP contribution in [0.3, 0.4) is 0 Å². The van der Waals surface area contributed by atoms with Gasteiger partial charge in [-0.15, -0.1) is 0 Å². The van der Waals surface area contributed by atoms with Crippen molar-refractivity contribution in [3.05, 3.63) is 29.1 Å². The van der Waals surface area contributed by atoms with Gasteiger partial charge in [0.05, 0.1) is 5.56 Å². The van der Waals surface area contributed by atoms with Crippen molar-refractivity contribution in [2.24, 2.45) is 0 Å². The number of pyridine rings is 1. The number of carbonyl (C=O) groups is 1. The molecule has 1 amide bonds. The SMILES string of the molecule is CC[C@@H]1Cc2ncc(C(=O)NO)cc2CN1C1CCCCC1. The molecule has 2 aliphatic rings. The van der Waals surface area contributed by atoms with Crippen LogP contribution >= 0.6 is 0 Å². The van der Waals surface area contributed by atoms with E-state index in [1.165, 1.54) is 32.1 Å². The fourth-order valence-corrected chi connectivity index (χ4v) is 3.93. The molecule has 0 unspecified atom stereocenters. The van der Waals surface area contributed by atoms with Gasteiger partial charge < -0.3 is 0 Å². The molecule has 1 atom stereocenters. The van der Waals surface area contributed by atoms with Crippen LogP contribution in [-0.4, -0.2) is 33.1 Å². The van der Waals surface area contributed by atoms with E-state index >= 15 is 0 Å². The fraction of sp³-hybridized carbons (Fsp3) is 0.647. The molecule has 1 saturated carbocycles. The van der Waals surface area contributed by atoms with E-state index in [0.717, 1.165) is 30.6 Å². The van der Waals surface area contributed by atoms with Gasteiger partial charge in [0.1, 0.15) is 0 Å². The lowest BCUT2D eigenvalue weighted by atomic mass is 9.88. The Bertz CT molecular complexity index is 541. The maximum absolute atomic E-state index is 11.6. The van der Waals surface area contributed by atoms with Crippen molar-refractivity contribution in [2.75, 3.05) is 0 Å². The number of hydrogen-bond donors (Lipinski definition) is 2. The van der Waals surface area contributed by atoms with Gasteiger partial charge in [-0.2, -0.15) is 0 Å². The first-order chi connectivity index (χ1) is 10.7. The van der Waals surface area contributed by atoms with Gasteiger partial charge in [-0.1, -0.05) is 26.2 Å². The average Bonchev–Trinajstić information content (AvgIpc) is 2.60. The number of hydroxylamine groups is 1. The molecule has 2 N–H and O–H groups in total. The van der Waals surface area contributed by atoms with Gasteiger partial charge in [-0.05, 0) is 30.9 Å². The largest absolute Gasteiger partial charge is 0.293 e. The first-order valence-corrected chi connectivity index (χ1v) is 8.41. The van der Waals surface area contributed by atoms with Crippen LogP contribution in [0.5, 0.6) is 0 Å². The summed E-state index contributed by atoms with van der Waals surface area (Å²) >= 11 is 0. The lowest BCUT2D eigenvalue weighted by molar-refractivity contribution is 0.0702. The summed E-state index contributed by atoms with van der Waals surface area (Å²) in [7, 11) is 0. The average molecular weight is 303 g/mol. The summed E-state index contributed by atoms with van der Waals surface area (Å²) in [5, 5.41) is 8.79. The molecule has 1 fully saturated rings. The third-order valence-corrected chi connectivity index (χ3v) is 5.19. The van der Waals surface area contributed by atoms with Gasteiger partial charge in [0.2, 0.25) is 0 Å². The van der Waals surface area contributed by atoms with Crippen molar-refractivity contribution in [3.8, 4) is 0 Å². The summed E-state index contributed by atoms with van der Waals surface area (Å²) in [6, 6.07) is 3.11. The molecule has 1 aromatic rings. The lowest BCUT2D eigenvalue weighted by Gasteiger charge is -2.43. The smallest absolute Gasteiger partial charge is 0.276 e. The van der Waals surface area contributed by atoms with E-state index in [0.29, 0.717) is 17.6 Å². The molecule has 0 saturated heterocycles. The Morgan fingerprint density at radius 2 is 2.18 bits per heavy atom. The van der Waals surface area contributed by atoms with Crippen LogP contribution in [0.4, 0.5) is 0 Å². The third-order valence-electron chi connectivity index (χ3n) is 5.19. The second-order valence-electron chi connectivity index (χ2n) is 6.50. The minimum absolute atomic E-state index is 0.430. The van der Waals surface area contributed by atoms with Crippen molar-refractivity contribution in [1.82, 2.24) is 15.4 Å². The Hall–Kier alpha value is -1.46. The van der Waals surface area contributed by atoms with Gasteiger partial charge in [0.15, 0.2) is 0 Å². The predicted molar refractivity (Wildman–Crippen MR) is 83.7 cm³/mol. The van der Waals surface area contributed by atoms with E-state index < -0.39 is 5.91 Å². The summed E-state index contributed by atoms with van der Waals surface area (Å²) in [4.78, 5) is 18.7. The predicted octanol–water partition coefficient (Wildman–Crippen LogP) is 2.67. The zero-order valence-electron chi connectivity index (χ0n) is 13.2. The number of hydrogen-bond acceptors (Lipinski definition) is 4. The fourth-order valence-electron chi connectivity index (χ4n) is 3.93. The van der Waals surface area contributed by atoms with Crippen molar-refractivity contribution < 1.29 is 10.0 Å².